The lowest BCUT2D eigenvalue weighted by Crippen LogP contribution is -2.18. The van der Waals surface area contributed by atoms with Gasteiger partial charge >= 0.3 is 0 Å². The van der Waals surface area contributed by atoms with Crippen molar-refractivity contribution in [2.45, 2.75) is 6.92 Å². The first-order chi connectivity index (χ1) is 11.1. The Morgan fingerprint density at radius 3 is 2.48 bits per heavy atom. The fourth-order valence-electron chi connectivity index (χ4n) is 2.02. The summed E-state index contributed by atoms with van der Waals surface area (Å²) < 4.78 is 11.2. The Hall–Kier alpha value is -2.34. The van der Waals surface area contributed by atoms with Crippen LogP contribution >= 0.6 is 15.9 Å². The summed E-state index contributed by atoms with van der Waals surface area (Å²) in [5.74, 6) is 0.943. The number of carbonyl (C=O) groups is 1. The van der Waals surface area contributed by atoms with Gasteiger partial charge in [-0.25, -0.2) is 5.43 Å². The molecule has 23 heavy (non-hydrogen) atoms. The van der Waals surface area contributed by atoms with Crippen LogP contribution < -0.4 is 14.9 Å². The second-order valence-corrected chi connectivity index (χ2v) is 5.60. The molecule has 0 saturated carbocycles. The monoisotopic (exact) mass is 376 g/mol. The predicted molar refractivity (Wildman–Crippen MR) is 93.5 cm³/mol. The summed E-state index contributed by atoms with van der Waals surface area (Å²) in [5, 5.41) is 4.00. The molecular weight excluding hydrogens is 360 g/mol. The third kappa shape index (κ3) is 4.10. The smallest absolute Gasteiger partial charge is 0.271 e. The van der Waals surface area contributed by atoms with Gasteiger partial charge in [0.15, 0.2) is 11.5 Å². The number of nitrogens with zero attached hydrogens (tertiary/aromatic N) is 1. The van der Waals surface area contributed by atoms with Crippen LogP contribution in [0.25, 0.3) is 0 Å². The third-order valence-corrected chi connectivity index (χ3v) is 3.95. The minimum Gasteiger partial charge on any atom is -0.493 e. The van der Waals surface area contributed by atoms with Crippen LogP contribution in [0.15, 0.2) is 46.0 Å². The van der Waals surface area contributed by atoms with Crippen molar-refractivity contribution in [3.63, 3.8) is 0 Å². The van der Waals surface area contributed by atoms with Gasteiger partial charge in [0.05, 0.1) is 20.4 Å². The van der Waals surface area contributed by atoms with E-state index in [9.17, 15) is 4.79 Å². The molecule has 0 saturated heterocycles. The van der Waals surface area contributed by atoms with Crippen molar-refractivity contribution in [1.82, 2.24) is 5.43 Å². The van der Waals surface area contributed by atoms with Crippen LogP contribution in [0, 0.1) is 6.92 Å². The van der Waals surface area contributed by atoms with E-state index in [1.54, 1.807) is 38.6 Å². The van der Waals surface area contributed by atoms with Gasteiger partial charge in [0, 0.05) is 15.6 Å². The lowest BCUT2D eigenvalue weighted by atomic mass is 10.1. The van der Waals surface area contributed by atoms with Gasteiger partial charge in [0.25, 0.3) is 5.91 Å². The maximum absolute atomic E-state index is 12.1. The first-order valence-corrected chi connectivity index (χ1v) is 7.66. The van der Waals surface area contributed by atoms with E-state index in [0.29, 0.717) is 17.1 Å². The largest absolute Gasteiger partial charge is 0.493 e. The Kier molecular flexibility index (Phi) is 5.76. The molecule has 1 N–H and O–H groups in total. The highest BCUT2D eigenvalue weighted by Crippen LogP contribution is 2.32. The molecule has 0 aliphatic rings. The molecule has 2 aromatic rings. The van der Waals surface area contributed by atoms with Crippen molar-refractivity contribution in [3.8, 4) is 11.5 Å². The summed E-state index contributed by atoms with van der Waals surface area (Å²) in [7, 11) is 3.13. The average Bonchev–Trinajstić information content (AvgIpc) is 2.56. The van der Waals surface area contributed by atoms with Gasteiger partial charge in [-0.1, -0.05) is 18.2 Å². The maximum Gasteiger partial charge on any atom is 0.271 e. The number of hydrogen-bond donors (Lipinski definition) is 1. The van der Waals surface area contributed by atoms with Crippen LogP contribution in [0.1, 0.15) is 21.5 Å². The number of nitrogens with one attached hydrogen (secondary N) is 1. The van der Waals surface area contributed by atoms with Crippen molar-refractivity contribution >= 4 is 28.1 Å². The topological polar surface area (TPSA) is 59.9 Å². The number of methoxy groups -OCH3 is 2. The summed E-state index contributed by atoms with van der Waals surface area (Å²) in [6.07, 6.45) is 1.54. The second-order valence-electron chi connectivity index (χ2n) is 4.74. The number of carbonyl (C=O) groups excluding carboxylic acids is 1. The van der Waals surface area contributed by atoms with E-state index >= 15 is 0 Å². The van der Waals surface area contributed by atoms with Gasteiger partial charge in [0.1, 0.15) is 0 Å². The van der Waals surface area contributed by atoms with E-state index in [-0.39, 0.29) is 5.91 Å². The van der Waals surface area contributed by atoms with Crippen LogP contribution in [0.5, 0.6) is 11.5 Å². The molecule has 0 aromatic heterocycles. The van der Waals surface area contributed by atoms with Gasteiger partial charge in [0.2, 0.25) is 0 Å². The van der Waals surface area contributed by atoms with Crippen LogP contribution in [0.4, 0.5) is 0 Å². The number of halogens is 1. The number of rotatable bonds is 5. The van der Waals surface area contributed by atoms with Crippen LogP contribution in [-0.4, -0.2) is 26.3 Å². The molecule has 0 aliphatic heterocycles. The first-order valence-electron chi connectivity index (χ1n) is 6.87. The molecule has 0 fully saturated rings. The Morgan fingerprint density at radius 2 is 1.83 bits per heavy atom. The minimum atomic E-state index is -0.254. The highest BCUT2D eigenvalue weighted by Gasteiger charge is 2.09. The predicted octanol–water partition coefficient (Wildman–Crippen LogP) is 3.54. The van der Waals surface area contributed by atoms with E-state index in [1.165, 1.54) is 0 Å². The van der Waals surface area contributed by atoms with Gasteiger partial charge in [-0.2, -0.15) is 5.10 Å². The number of hydrogen-bond acceptors (Lipinski definition) is 4. The van der Waals surface area contributed by atoms with Gasteiger partial charge < -0.3 is 9.47 Å². The summed E-state index contributed by atoms with van der Waals surface area (Å²) in [6, 6.07) is 10.9. The Bertz CT molecular complexity index is 745. The highest BCUT2D eigenvalue weighted by atomic mass is 79.9. The minimum absolute atomic E-state index is 0.254. The molecule has 120 valence electrons. The molecular formula is C17H17BrN2O3. The Balaban J connectivity index is 2.15. The molecule has 2 rings (SSSR count). The average molecular weight is 377 g/mol. The van der Waals surface area contributed by atoms with Gasteiger partial charge in [-0.15, -0.1) is 0 Å². The third-order valence-electron chi connectivity index (χ3n) is 3.26. The van der Waals surface area contributed by atoms with E-state index in [1.807, 2.05) is 25.1 Å². The summed E-state index contributed by atoms with van der Waals surface area (Å²) in [4.78, 5) is 12.1. The molecule has 0 bridgehead atoms. The van der Waals surface area contributed by atoms with Crippen LogP contribution in [0.2, 0.25) is 0 Å². The van der Waals surface area contributed by atoms with E-state index < -0.39 is 0 Å². The number of hydrazone groups is 1. The Morgan fingerprint density at radius 1 is 1.17 bits per heavy atom. The SMILES string of the molecule is COc1cc(Br)c(/C=N/NC(=O)c2ccccc2C)cc1OC. The molecule has 0 atom stereocenters. The van der Waals surface area contributed by atoms with E-state index in [0.717, 1.165) is 15.6 Å². The summed E-state index contributed by atoms with van der Waals surface area (Å²) >= 11 is 3.44. The zero-order chi connectivity index (χ0) is 16.8. The van der Waals surface area contributed by atoms with Crippen molar-refractivity contribution in [3.05, 3.63) is 57.6 Å². The highest BCUT2D eigenvalue weighted by molar-refractivity contribution is 9.10. The summed E-state index contributed by atoms with van der Waals surface area (Å²) in [6.45, 7) is 1.88. The molecule has 2 aromatic carbocycles. The molecule has 0 radical (unpaired) electrons. The molecule has 5 nitrogen and oxygen atoms in total. The molecule has 1 amide bonds. The Labute approximate surface area is 143 Å². The van der Waals surface area contributed by atoms with E-state index in [2.05, 4.69) is 26.5 Å². The number of benzene rings is 2. The van der Waals surface area contributed by atoms with Gasteiger partial charge in [-0.3, -0.25) is 4.79 Å². The summed E-state index contributed by atoms with van der Waals surface area (Å²) in [5.41, 5.74) is 4.77. The molecule has 0 aliphatic carbocycles. The lowest BCUT2D eigenvalue weighted by Gasteiger charge is -2.09. The molecule has 6 heteroatoms. The first kappa shape index (κ1) is 17.0. The van der Waals surface area contributed by atoms with E-state index in [4.69, 9.17) is 9.47 Å². The fraction of sp³-hybridized carbons (Fsp3) is 0.176. The number of amides is 1. The van der Waals surface area contributed by atoms with Crippen molar-refractivity contribution in [1.29, 1.82) is 0 Å². The lowest BCUT2D eigenvalue weighted by molar-refractivity contribution is 0.0954. The molecule has 0 heterocycles. The van der Waals surface area contributed by atoms with Crippen LogP contribution in [0.3, 0.4) is 0 Å². The molecule has 0 unspecified atom stereocenters. The second kappa shape index (κ2) is 7.78. The quantitative estimate of drug-likeness (QED) is 0.641. The van der Waals surface area contributed by atoms with Crippen molar-refractivity contribution in [2.75, 3.05) is 14.2 Å². The van der Waals surface area contributed by atoms with Gasteiger partial charge in [-0.05, 0) is 46.6 Å². The zero-order valence-corrected chi connectivity index (χ0v) is 14.7. The number of ether oxygens (including phenoxy) is 2. The normalized spacial score (nSPS) is 10.6. The fourth-order valence-corrected chi connectivity index (χ4v) is 2.44. The molecule has 0 spiro atoms. The van der Waals surface area contributed by atoms with Crippen LogP contribution in [-0.2, 0) is 0 Å². The van der Waals surface area contributed by atoms with Crippen molar-refractivity contribution < 1.29 is 14.3 Å². The maximum atomic E-state index is 12.1. The standard InChI is InChI=1S/C17H17BrN2O3/c1-11-6-4-5-7-13(11)17(21)20-19-10-12-8-15(22-2)16(23-3)9-14(12)18/h4-10H,1-3H3,(H,20,21)/b19-10+. The number of aryl methyl sites for hydroxylation is 1. The zero-order valence-electron chi connectivity index (χ0n) is 13.1. The van der Waals surface area contributed by atoms with Crippen molar-refractivity contribution in [2.24, 2.45) is 5.10 Å².